The molecule has 0 aliphatic carbocycles. The molecule has 0 unspecified atom stereocenters. The number of nitrogens with one attached hydrogen (secondary N) is 1. The summed E-state index contributed by atoms with van der Waals surface area (Å²) < 4.78 is 14.8. The molecule has 0 amide bonds. The molecule has 3 N–H and O–H groups in total. The summed E-state index contributed by atoms with van der Waals surface area (Å²) in [5, 5.41) is 0. The van der Waals surface area contributed by atoms with E-state index in [2.05, 4.69) is 10.4 Å². The summed E-state index contributed by atoms with van der Waals surface area (Å²) in [6, 6.07) is 4.53. The second-order valence-electron chi connectivity index (χ2n) is 3.55. The van der Waals surface area contributed by atoms with E-state index in [9.17, 15) is 9.18 Å². The lowest BCUT2D eigenvalue weighted by atomic mass is 10.2. The zero-order chi connectivity index (χ0) is 12.4. The van der Waals surface area contributed by atoms with Gasteiger partial charge in [0.2, 0.25) is 5.82 Å². The Morgan fingerprint density at radius 3 is 2.94 bits per heavy atom. The molecule has 6 heteroatoms. The van der Waals surface area contributed by atoms with Crippen molar-refractivity contribution in [2.45, 2.75) is 6.92 Å². The normalized spacial score (nSPS) is 10.3. The van der Waals surface area contributed by atoms with Crippen molar-refractivity contribution >= 4 is 5.82 Å². The summed E-state index contributed by atoms with van der Waals surface area (Å²) in [5.41, 5.74) is 2.70. The molecule has 1 heterocycles. The second kappa shape index (κ2) is 4.34. The molecule has 0 aliphatic rings. The van der Waals surface area contributed by atoms with Crippen LogP contribution in [-0.4, -0.2) is 9.55 Å². The molecule has 17 heavy (non-hydrogen) atoms. The van der Waals surface area contributed by atoms with E-state index in [4.69, 9.17) is 5.84 Å². The van der Waals surface area contributed by atoms with E-state index in [-0.39, 0.29) is 11.5 Å². The van der Waals surface area contributed by atoms with E-state index in [1.165, 1.54) is 18.5 Å². The molecule has 0 fully saturated rings. The third-order valence-corrected chi connectivity index (χ3v) is 2.34. The Morgan fingerprint density at radius 2 is 2.24 bits per heavy atom. The van der Waals surface area contributed by atoms with E-state index >= 15 is 0 Å². The van der Waals surface area contributed by atoms with E-state index in [0.29, 0.717) is 0 Å². The van der Waals surface area contributed by atoms with E-state index in [0.717, 1.165) is 10.1 Å². The lowest BCUT2D eigenvalue weighted by Gasteiger charge is -2.08. The molecule has 88 valence electrons. The minimum Gasteiger partial charge on any atom is -0.304 e. The summed E-state index contributed by atoms with van der Waals surface area (Å²) in [5.74, 6) is 4.63. The van der Waals surface area contributed by atoms with Gasteiger partial charge in [-0.25, -0.2) is 15.2 Å². The number of rotatable bonds is 2. The number of aromatic nitrogens is 2. The fourth-order valence-electron chi connectivity index (χ4n) is 1.51. The number of hydrogen-bond acceptors (Lipinski definition) is 4. The maximum atomic E-state index is 13.6. The molecular weight excluding hydrogens is 223 g/mol. The van der Waals surface area contributed by atoms with Gasteiger partial charge in [0.25, 0.3) is 5.56 Å². The largest absolute Gasteiger partial charge is 0.304 e. The van der Waals surface area contributed by atoms with Crippen LogP contribution in [0.3, 0.4) is 0 Å². The molecule has 0 radical (unpaired) electrons. The monoisotopic (exact) mass is 234 g/mol. The van der Waals surface area contributed by atoms with Crippen LogP contribution in [0.1, 0.15) is 5.56 Å². The van der Waals surface area contributed by atoms with Gasteiger partial charge in [-0.2, -0.15) is 0 Å². The van der Waals surface area contributed by atoms with Crippen LogP contribution in [0.4, 0.5) is 10.2 Å². The van der Waals surface area contributed by atoms with Crippen LogP contribution in [0.5, 0.6) is 0 Å². The number of halogens is 1. The number of benzene rings is 1. The molecular formula is C11H11FN4O. The van der Waals surface area contributed by atoms with Crippen LogP contribution in [0, 0.1) is 12.7 Å². The third kappa shape index (κ3) is 2.02. The average Bonchev–Trinajstić information content (AvgIpc) is 2.33. The molecule has 2 rings (SSSR count). The molecule has 0 bridgehead atoms. The average molecular weight is 234 g/mol. The quantitative estimate of drug-likeness (QED) is 0.599. The predicted octanol–water partition coefficient (Wildman–Crippen LogP) is 0.966. The van der Waals surface area contributed by atoms with Gasteiger partial charge in [-0.05, 0) is 24.6 Å². The number of hydrogen-bond donors (Lipinski definition) is 2. The van der Waals surface area contributed by atoms with Crippen molar-refractivity contribution < 1.29 is 4.39 Å². The number of nitrogens with zero attached hydrogens (tertiary/aromatic N) is 2. The molecule has 0 saturated heterocycles. The molecule has 1 aromatic carbocycles. The summed E-state index contributed by atoms with van der Waals surface area (Å²) in [6.45, 7) is 1.82. The molecule has 0 aliphatic heterocycles. The topological polar surface area (TPSA) is 72.9 Å². The highest BCUT2D eigenvalue weighted by Gasteiger charge is 2.09. The second-order valence-corrected chi connectivity index (χ2v) is 3.55. The molecule has 0 spiro atoms. The van der Waals surface area contributed by atoms with Crippen molar-refractivity contribution in [2.75, 3.05) is 5.43 Å². The minimum atomic E-state index is -0.500. The van der Waals surface area contributed by atoms with Crippen LogP contribution >= 0.6 is 0 Å². The van der Waals surface area contributed by atoms with Crippen LogP contribution < -0.4 is 16.8 Å². The lowest BCUT2D eigenvalue weighted by molar-refractivity contribution is 0.615. The molecule has 1 aromatic heterocycles. The Labute approximate surface area is 96.7 Å². The van der Waals surface area contributed by atoms with Crippen LogP contribution in [0.15, 0.2) is 35.4 Å². The van der Waals surface area contributed by atoms with Crippen molar-refractivity contribution in [1.82, 2.24) is 9.55 Å². The van der Waals surface area contributed by atoms with Gasteiger partial charge in [-0.1, -0.05) is 6.07 Å². The van der Waals surface area contributed by atoms with Gasteiger partial charge < -0.3 is 5.43 Å². The highest BCUT2D eigenvalue weighted by atomic mass is 19.1. The van der Waals surface area contributed by atoms with Gasteiger partial charge in [-0.15, -0.1) is 0 Å². The highest BCUT2D eigenvalue weighted by Crippen LogP contribution is 2.13. The predicted molar refractivity (Wildman–Crippen MR) is 62.3 cm³/mol. The van der Waals surface area contributed by atoms with Crippen LogP contribution in [-0.2, 0) is 0 Å². The van der Waals surface area contributed by atoms with E-state index < -0.39 is 11.4 Å². The molecule has 0 saturated carbocycles. The zero-order valence-corrected chi connectivity index (χ0v) is 9.14. The first-order valence-corrected chi connectivity index (χ1v) is 4.94. The Kier molecular flexibility index (Phi) is 2.88. The fraction of sp³-hybridized carbons (Fsp3) is 0.0909. The van der Waals surface area contributed by atoms with Gasteiger partial charge in [0.05, 0.1) is 5.69 Å². The zero-order valence-electron chi connectivity index (χ0n) is 9.14. The lowest BCUT2D eigenvalue weighted by Crippen LogP contribution is -2.26. The molecule has 2 aromatic rings. The van der Waals surface area contributed by atoms with Crippen LogP contribution in [0.2, 0.25) is 0 Å². The standard InChI is InChI=1S/C11H11FN4O/c1-7-2-3-8(12)9(6-7)16-5-4-14-10(15-13)11(16)17/h2-6H,13H2,1H3,(H,14,15). The Morgan fingerprint density at radius 1 is 1.47 bits per heavy atom. The van der Waals surface area contributed by atoms with E-state index in [1.54, 1.807) is 12.1 Å². The summed E-state index contributed by atoms with van der Waals surface area (Å²) in [4.78, 5) is 15.6. The summed E-state index contributed by atoms with van der Waals surface area (Å²) in [6.07, 6.45) is 2.76. The fourth-order valence-corrected chi connectivity index (χ4v) is 1.51. The number of hydrazine groups is 1. The van der Waals surface area contributed by atoms with Crippen molar-refractivity contribution in [3.8, 4) is 5.69 Å². The number of anilines is 1. The van der Waals surface area contributed by atoms with Gasteiger partial charge >= 0.3 is 0 Å². The Bertz CT molecular complexity index is 609. The maximum absolute atomic E-state index is 13.6. The summed E-state index contributed by atoms with van der Waals surface area (Å²) in [7, 11) is 0. The minimum absolute atomic E-state index is 0.0339. The first-order chi connectivity index (χ1) is 8.13. The van der Waals surface area contributed by atoms with Gasteiger partial charge in [0.15, 0.2) is 0 Å². The van der Waals surface area contributed by atoms with Crippen LogP contribution in [0.25, 0.3) is 5.69 Å². The SMILES string of the molecule is Cc1ccc(F)c(-n2ccnc(NN)c2=O)c1. The molecule has 5 nitrogen and oxygen atoms in total. The Hall–Kier alpha value is -2.21. The smallest absolute Gasteiger partial charge is 0.299 e. The van der Waals surface area contributed by atoms with Crippen molar-refractivity contribution in [3.05, 3.63) is 52.3 Å². The first-order valence-electron chi connectivity index (χ1n) is 4.94. The number of nitrogen functional groups attached to an aromatic ring is 1. The van der Waals surface area contributed by atoms with Crippen molar-refractivity contribution in [3.63, 3.8) is 0 Å². The highest BCUT2D eigenvalue weighted by molar-refractivity contribution is 5.40. The van der Waals surface area contributed by atoms with Gasteiger partial charge in [0.1, 0.15) is 5.82 Å². The van der Waals surface area contributed by atoms with Gasteiger partial charge in [-0.3, -0.25) is 9.36 Å². The van der Waals surface area contributed by atoms with Gasteiger partial charge in [0, 0.05) is 12.4 Å². The van der Waals surface area contributed by atoms with E-state index in [1.807, 2.05) is 6.92 Å². The van der Waals surface area contributed by atoms with Crippen molar-refractivity contribution in [2.24, 2.45) is 5.84 Å². The molecule has 0 atom stereocenters. The number of nitrogens with two attached hydrogens (primary N) is 1. The third-order valence-electron chi connectivity index (χ3n) is 2.34. The maximum Gasteiger partial charge on any atom is 0.299 e. The van der Waals surface area contributed by atoms with Crippen molar-refractivity contribution in [1.29, 1.82) is 0 Å². The first kappa shape index (κ1) is 11.3. The Balaban J connectivity index is 2.69. The number of aryl methyl sites for hydroxylation is 1. The summed E-state index contributed by atoms with van der Waals surface area (Å²) >= 11 is 0.